The number of hydrogen-bond donors (Lipinski definition) is 0. The van der Waals surface area contributed by atoms with E-state index in [2.05, 4.69) is 16.0 Å². The van der Waals surface area contributed by atoms with Crippen LogP contribution in [0.5, 0.6) is 0 Å². The Balaban J connectivity index is 2.50. The minimum atomic E-state index is 0.357. The third-order valence-corrected chi connectivity index (χ3v) is 2.54. The molecule has 2 heterocycles. The number of aromatic nitrogens is 1. The molecule has 2 aromatic rings. The lowest BCUT2D eigenvalue weighted by Crippen LogP contribution is -2.27. The minimum absolute atomic E-state index is 0.357. The van der Waals surface area contributed by atoms with Crippen LogP contribution in [0.3, 0.4) is 0 Å². The molecule has 0 saturated carbocycles. The first-order valence-corrected chi connectivity index (χ1v) is 5.12. The molecule has 0 aliphatic carbocycles. The molecule has 1 aromatic carbocycles. The lowest BCUT2D eigenvalue weighted by atomic mass is 10.1. The topological polar surface area (TPSA) is 34.5 Å². The largest absolute Gasteiger partial charge is 0.479 e. The van der Waals surface area contributed by atoms with Crippen molar-refractivity contribution in [3.63, 3.8) is 0 Å². The van der Waals surface area contributed by atoms with Crippen LogP contribution >= 0.6 is 0 Å². The van der Waals surface area contributed by atoms with Crippen LogP contribution in [0.2, 0.25) is 0 Å². The predicted molar refractivity (Wildman–Crippen MR) is 62.1 cm³/mol. The Kier molecular flexibility index (Phi) is 2.14. The Morgan fingerprint density at radius 3 is 3.19 bits per heavy atom. The van der Waals surface area contributed by atoms with Crippen molar-refractivity contribution in [3.05, 3.63) is 53.4 Å². The number of benzene rings is 1. The fourth-order valence-corrected chi connectivity index (χ4v) is 1.80. The van der Waals surface area contributed by atoms with Gasteiger partial charge in [-0.15, -0.1) is 0 Å². The van der Waals surface area contributed by atoms with E-state index in [9.17, 15) is 0 Å². The van der Waals surface area contributed by atoms with Crippen LogP contribution in [0.25, 0.3) is 17.0 Å². The van der Waals surface area contributed by atoms with Crippen molar-refractivity contribution in [1.29, 1.82) is 0 Å². The summed E-state index contributed by atoms with van der Waals surface area (Å²) in [5.74, 6) is 0. The normalized spacial score (nSPS) is 20.2. The molecule has 1 aliphatic rings. The van der Waals surface area contributed by atoms with Crippen molar-refractivity contribution in [2.24, 2.45) is 4.99 Å². The van der Waals surface area contributed by atoms with Crippen molar-refractivity contribution in [3.8, 4) is 0 Å². The molecular weight excluding hydrogens is 200 g/mol. The second kappa shape index (κ2) is 3.77. The van der Waals surface area contributed by atoms with Crippen LogP contribution in [-0.4, -0.2) is 11.7 Å². The first kappa shape index (κ1) is 9.09. The van der Waals surface area contributed by atoms with Gasteiger partial charge in [0.15, 0.2) is 6.73 Å². The van der Waals surface area contributed by atoms with Crippen LogP contribution in [0, 0.1) is 0 Å². The molecule has 0 atom stereocenters. The van der Waals surface area contributed by atoms with Crippen LogP contribution < -0.4 is 10.6 Å². The number of fused-ring (bicyclic) bond motifs is 3. The zero-order valence-corrected chi connectivity index (χ0v) is 8.63. The van der Waals surface area contributed by atoms with E-state index in [4.69, 9.17) is 4.74 Å². The smallest absolute Gasteiger partial charge is 0.178 e. The van der Waals surface area contributed by atoms with Crippen LogP contribution in [0.4, 0.5) is 0 Å². The van der Waals surface area contributed by atoms with Gasteiger partial charge in [-0.05, 0) is 24.3 Å². The lowest BCUT2D eigenvalue weighted by Gasteiger charge is -2.01. The molecule has 0 fully saturated rings. The summed E-state index contributed by atoms with van der Waals surface area (Å²) in [7, 11) is 0. The monoisotopic (exact) mass is 210 g/mol. The van der Waals surface area contributed by atoms with Gasteiger partial charge in [-0.25, -0.2) is 4.99 Å². The second-order valence-corrected chi connectivity index (χ2v) is 3.52. The Bertz CT molecular complexity index is 674. The number of rotatable bonds is 0. The summed E-state index contributed by atoms with van der Waals surface area (Å²) in [4.78, 5) is 8.75. The number of pyridine rings is 1. The number of allylic oxidation sites excluding steroid dienone is 1. The van der Waals surface area contributed by atoms with Crippen molar-refractivity contribution in [2.75, 3.05) is 6.73 Å². The molecule has 3 nitrogen and oxygen atoms in total. The summed E-state index contributed by atoms with van der Waals surface area (Å²) in [6.45, 7) is 0.357. The van der Waals surface area contributed by atoms with Gasteiger partial charge in [0.2, 0.25) is 0 Å². The molecule has 0 N–H and O–H groups in total. The van der Waals surface area contributed by atoms with Crippen molar-refractivity contribution < 1.29 is 4.74 Å². The maximum Gasteiger partial charge on any atom is 0.178 e. The quantitative estimate of drug-likeness (QED) is 0.653. The fraction of sp³-hybridized carbons (Fsp3) is 0.0769. The van der Waals surface area contributed by atoms with Crippen LogP contribution in [0.1, 0.15) is 0 Å². The highest BCUT2D eigenvalue weighted by Gasteiger charge is 1.98. The highest BCUT2D eigenvalue weighted by atomic mass is 16.5. The van der Waals surface area contributed by atoms with E-state index in [-0.39, 0.29) is 0 Å². The molecule has 0 unspecified atom stereocenters. The zero-order chi connectivity index (χ0) is 10.8. The Morgan fingerprint density at radius 1 is 1.19 bits per heavy atom. The van der Waals surface area contributed by atoms with Gasteiger partial charge in [0.1, 0.15) is 0 Å². The van der Waals surface area contributed by atoms with E-state index < -0.39 is 0 Å². The molecular formula is C13H10N2O. The average molecular weight is 210 g/mol. The Labute approximate surface area is 92.4 Å². The van der Waals surface area contributed by atoms with Gasteiger partial charge >= 0.3 is 0 Å². The molecule has 0 spiro atoms. The zero-order valence-electron chi connectivity index (χ0n) is 8.63. The Morgan fingerprint density at radius 2 is 2.19 bits per heavy atom. The van der Waals surface area contributed by atoms with Gasteiger partial charge < -0.3 is 4.74 Å². The van der Waals surface area contributed by atoms with Gasteiger partial charge in [-0.1, -0.05) is 12.1 Å². The van der Waals surface area contributed by atoms with Gasteiger partial charge in [-0.2, -0.15) is 0 Å². The van der Waals surface area contributed by atoms with Crippen molar-refractivity contribution in [1.82, 2.24) is 4.98 Å². The van der Waals surface area contributed by atoms with Gasteiger partial charge in [0.25, 0.3) is 0 Å². The predicted octanol–water partition coefficient (Wildman–Crippen LogP) is 1.14. The highest BCUT2D eigenvalue weighted by Crippen LogP contribution is 2.03. The number of ether oxygens (including phenoxy) is 1. The summed E-state index contributed by atoms with van der Waals surface area (Å²) < 4.78 is 5.14. The molecule has 1 aromatic heterocycles. The third kappa shape index (κ3) is 1.46. The second-order valence-electron chi connectivity index (χ2n) is 3.52. The van der Waals surface area contributed by atoms with E-state index in [0.29, 0.717) is 6.73 Å². The molecule has 0 radical (unpaired) electrons. The van der Waals surface area contributed by atoms with Gasteiger partial charge in [-0.3, -0.25) is 4.98 Å². The maximum absolute atomic E-state index is 5.14. The maximum atomic E-state index is 5.14. The van der Waals surface area contributed by atoms with Crippen molar-refractivity contribution >= 4 is 17.0 Å². The van der Waals surface area contributed by atoms with E-state index >= 15 is 0 Å². The van der Waals surface area contributed by atoms with E-state index in [1.165, 1.54) is 0 Å². The summed E-state index contributed by atoms with van der Waals surface area (Å²) in [5, 5.41) is 3.11. The molecule has 0 amide bonds. The number of nitrogens with zero attached hydrogens (tertiary/aromatic N) is 2. The molecule has 1 aliphatic heterocycles. The van der Waals surface area contributed by atoms with Crippen molar-refractivity contribution in [2.45, 2.75) is 0 Å². The van der Waals surface area contributed by atoms with Crippen LogP contribution in [0.15, 0.2) is 47.8 Å². The first-order valence-electron chi connectivity index (χ1n) is 5.12. The summed E-state index contributed by atoms with van der Waals surface area (Å²) in [5.41, 5.74) is 0.982. The highest BCUT2D eigenvalue weighted by molar-refractivity contribution is 5.79. The standard InChI is InChI=1S/C13H10N2O/c1-3-10-5-6-12-11(13(10)14-7-1)4-2-8-16-9-15-12/h1-8H,9H2/b8-2-,11-4+,15-12-. The molecule has 3 rings (SSSR count). The lowest BCUT2D eigenvalue weighted by molar-refractivity contribution is 0.258. The molecule has 78 valence electrons. The summed E-state index contributed by atoms with van der Waals surface area (Å²) in [6.07, 6.45) is 7.30. The SMILES string of the molecule is C1=C\OC/N=c2/ccc3cccnc3/c2=C/1. The first-order chi connectivity index (χ1) is 7.95. The molecule has 3 heteroatoms. The van der Waals surface area contributed by atoms with E-state index in [0.717, 1.165) is 21.5 Å². The van der Waals surface area contributed by atoms with Gasteiger partial charge in [0, 0.05) is 16.8 Å². The summed E-state index contributed by atoms with van der Waals surface area (Å²) >= 11 is 0. The van der Waals surface area contributed by atoms with E-state index in [1.807, 2.05) is 30.4 Å². The number of hydrogen-bond acceptors (Lipinski definition) is 3. The van der Waals surface area contributed by atoms with E-state index in [1.54, 1.807) is 12.5 Å². The minimum Gasteiger partial charge on any atom is -0.479 e. The Hall–Kier alpha value is -2.16. The van der Waals surface area contributed by atoms with Gasteiger partial charge in [0.05, 0.1) is 17.1 Å². The molecule has 0 saturated heterocycles. The molecule has 0 bridgehead atoms. The average Bonchev–Trinajstić information content (AvgIpc) is 2.29. The fourth-order valence-electron chi connectivity index (χ4n) is 1.80. The van der Waals surface area contributed by atoms with Crippen LogP contribution in [-0.2, 0) is 4.74 Å². The molecule has 16 heavy (non-hydrogen) atoms. The summed E-state index contributed by atoms with van der Waals surface area (Å²) in [6, 6.07) is 8.02. The third-order valence-electron chi connectivity index (χ3n) is 2.54.